The third-order valence-electron chi connectivity index (χ3n) is 1.86. The smallest absolute Gasteiger partial charge is 0.167 e. The Kier molecular flexibility index (Phi) is 3.27. The Morgan fingerprint density at radius 3 is 2.67 bits per heavy atom. The first-order chi connectivity index (χ1) is 5.38. The summed E-state index contributed by atoms with van der Waals surface area (Å²) in [5, 5.41) is 0. The van der Waals surface area contributed by atoms with Crippen LogP contribution < -0.4 is 0 Å². The van der Waals surface area contributed by atoms with E-state index < -0.39 is 0 Å². The molecule has 0 spiro atoms. The number of rotatable bonds is 0. The molecular weight excluding hydrogens is 159 g/mol. The zero-order valence-corrected chi connectivity index (χ0v) is 9.08. The second-order valence-electron chi connectivity index (χ2n) is 2.62. The van der Waals surface area contributed by atoms with Gasteiger partial charge in [0, 0.05) is 41.5 Å². The fraction of sp³-hybridized carbons (Fsp3) is 0.100. The van der Waals surface area contributed by atoms with Gasteiger partial charge in [0.25, 0.3) is 0 Å². The molecule has 0 unspecified atom stereocenters. The van der Waals surface area contributed by atoms with E-state index in [4.69, 9.17) is 0 Å². The average molecular weight is 167 g/mol. The molecule has 1 radical (unpaired) electrons. The summed E-state index contributed by atoms with van der Waals surface area (Å²) >= 11 is 0. The first kappa shape index (κ1) is 9.72. The van der Waals surface area contributed by atoms with Crippen molar-refractivity contribution < 1.29 is 4.79 Å². The predicted molar refractivity (Wildman–Crippen MR) is 50.2 cm³/mol. The quantitative estimate of drug-likeness (QED) is 0.539. The molecule has 0 aromatic heterocycles. The predicted octanol–water partition coefficient (Wildman–Crippen LogP) is 1.91. The van der Waals surface area contributed by atoms with Crippen molar-refractivity contribution in [1.29, 1.82) is 0 Å². The number of carbonyl (C=O) groups excluding carboxylic acids is 1. The first-order valence-corrected chi connectivity index (χ1v) is 3.67. The van der Waals surface area contributed by atoms with Gasteiger partial charge in [-0.3, -0.25) is 4.79 Å². The molecule has 0 heterocycles. The molecule has 1 aromatic carbocycles. The van der Waals surface area contributed by atoms with Gasteiger partial charge in [-0.15, -0.1) is 0 Å². The van der Waals surface area contributed by atoms with E-state index in [1.54, 1.807) is 0 Å². The van der Waals surface area contributed by atoms with Gasteiger partial charge in [0.2, 0.25) is 0 Å². The Labute approximate surface area is 93.8 Å². The van der Waals surface area contributed by atoms with Crippen LogP contribution in [0.4, 0.5) is 0 Å². The van der Waals surface area contributed by atoms with Gasteiger partial charge in [-0.25, -0.2) is 0 Å². The number of carbonyl (C=O) groups is 1. The van der Waals surface area contributed by atoms with Crippen LogP contribution in [0.1, 0.15) is 22.3 Å². The minimum atomic E-state index is 0. The van der Waals surface area contributed by atoms with E-state index in [1.807, 2.05) is 36.4 Å². The van der Waals surface area contributed by atoms with Crippen LogP contribution in [-0.2, 0) is 0 Å². The van der Waals surface area contributed by atoms with Crippen LogP contribution in [0.5, 0.6) is 0 Å². The first-order valence-electron chi connectivity index (χ1n) is 3.67. The van der Waals surface area contributed by atoms with E-state index in [9.17, 15) is 4.79 Å². The summed E-state index contributed by atoms with van der Waals surface area (Å²) < 4.78 is 0. The third kappa shape index (κ3) is 1.69. The molecule has 1 aliphatic carbocycles. The fourth-order valence-electron chi connectivity index (χ4n) is 1.30. The molecule has 2 heteroatoms. The van der Waals surface area contributed by atoms with E-state index >= 15 is 0 Å². The number of fused-ring (bicyclic) bond motifs is 1. The Hall–Kier alpha value is -0.370. The van der Waals surface area contributed by atoms with Crippen molar-refractivity contribution in [3.8, 4) is 0 Å². The Morgan fingerprint density at radius 1 is 1.17 bits per heavy atom. The molecule has 55 valence electrons. The normalized spacial score (nSPS) is 13.5. The van der Waals surface area contributed by atoms with Crippen LogP contribution in [0.2, 0.25) is 0 Å². The molecule has 2 rings (SSSR count). The summed E-state index contributed by atoms with van der Waals surface area (Å²) in [6.45, 7) is 0. The molecule has 0 N–H and O–H groups in total. The van der Waals surface area contributed by atoms with Crippen molar-refractivity contribution in [3.63, 3.8) is 0 Å². The van der Waals surface area contributed by atoms with Crippen molar-refractivity contribution in [1.82, 2.24) is 0 Å². The topological polar surface area (TPSA) is 17.1 Å². The number of Topliss-reactive ketones (excluding diaryl/α,β-unsaturated/α-hetero) is 1. The summed E-state index contributed by atoms with van der Waals surface area (Å²) in [6, 6.07) is 7.68. The van der Waals surface area contributed by atoms with Crippen LogP contribution in [0.25, 0.3) is 6.08 Å². The van der Waals surface area contributed by atoms with Crippen LogP contribution in [-0.4, -0.2) is 35.3 Å². The van der Waals surface area contributed by atoms with E-state index in [1.165, 1.54) is 0 Å². The molecule has 1 aromatic rings. The van der Waals surface area contributed by atoms with Gasteiger partial charge in [-0.05, 0) is 5.56 Å². The number of hydrogen-bond donors (Lipinski definition) is 0. The summed E-state index contributed by atoms with van der Waals surface area (Å²) in [4.78, 5) is 11.2. The van der Waals surface area contributed by atoms with Gasteiger partial charge >= 0.3 is 0 Å². The van der Waals surface area contributed by atoms with E-state index in [2.05, 4.69) is 0 Å². The van der Waals surface area contributed by atoms with Gasteiger partial charge in [-0.1, -0.05) is 36.4 Å². The molecule has 0 fully saturated rings. The SMILES string of the molecule is O=C1CC=Cc2ccccc21.[Na]. The summed E-state index contributed by atoms with van der Waals surface area (Å²) in [7, 11) is 0. The van der Waals surface area contributed by atoms with Gasteiger partial charge in [-0.2, -0.15) is 0 Å². The molecule has 0 amide bonds. The summed E-state index contributed by atoms with van der Waals surface area (Å²) in [5.41, 5.74) is 1.90. The van der Waals surface area contributed by atoms with Crippen molar-refractivity contribution in [2.45, 2.75) is 6.42 Å². The van der Waals surface area contributed by atoms with E-state index in [0.29, 0.717) is 6.42 Å². The van der Waals surface area contributed by atoms with Gasteiger partial charge in [0.1, 0.15) is 0 Å². The van der Waals surface area contributed by atoms with Gasteiger partial charge < -0.3 is 0 Å². The molecule has 0 aliphatic heterocycles. The second kappa shape index (κ2) is 4.04. The number of hydrogen-bond acceptors (Lipinski definition) is 1. The van der Waals surface area contributed by atoms with Crippen molar-refractivity contribution in [3.05, 3.63) is 41.5 Å². The maximum atomic E-state index is 11.2. The van der Waals surface area contributed by atoms with E-state index in [0.717, 1.165) is 11.1 Å². The Balaban J connectivity index is 0.000000720. The monoisotopic (exact) mass is 167 g/mol. The number of benzene rings is 1. The third-order valence-corrected chi connectivity index (χ3v) is 1.86. The minimum Gasteiger partial charge on any atom is -0.294 e. The molecule has 0 saturated heterocycles. The van der Waals surface area contributed by atoms with Gasteiger partial charge in [0.15, 0.2) is 5.78 Å². The molecule has 1 nitrogen and oxygen atoms in total. The average Bonchev–Trinajstić information content (AvgIpc) is 2.06. The maximum absolute atomic E-state index is 11.2. The van der Waals surface area contributed by atoms with E-state index in [-0.39, 0.29) is 35.3 Å². The zero-order chi connectivity index (χ0) is 7.68. The van der Waals surface area contributed by atoms with Gasteiger partial charge in [0.05, 0.1) is 0 Å². The number of ketones is 1. The minimum absolute atomic E-state index is 0. The van der Waals surface area contributed by atoms with Crippen LogP contribution in [0.15, 0.2) is 30.3 Å². The van der Waals surface area contributed by atoms with Crippen molar-refractivity contribution >= 4 is 41.4 Å². The standard InChI is InChI=1S/C10H8O.Na/c11-10-7-3-5-8-4-1-2-6-9(8)10;/h1-6H,7H2;. The molecule has 1 aliphatic rings. The number of allylic oxidation sites excluding steroid dienone is 1. The largest absolute Gasteiger partial charge is 0.294 e. The molecule has 0 bridgehead atoms. The Bertz CT molecular complexity index is 328. The van der Waals surface area contributed by atoms with Crippen LogP contribution >= 0.6 is 0 Å². The molecule has 12 heavy (non-hydrogen) atoms. The zero-order valence-electron chi connectivity index (χ0n) is 7.08. The van der Waals surface area contributed by atoms with Crippen molar-refractivity contribution in [2.24, 2.45) is 0 Å². The summed E-state index contributed by atoms with van der Waals surface area (Å²) in [5.74, 6) is 0.225. The van der Waals surface area contributed by atoms with Crippen LogP contribution in [0.3, 0.4) is 0 Å². The maximum Gasteiger partial charge on any atom is 0.167 e. The Morgan fingerprint density at radius 2 is 1.92 bits per heavy atom. The van der Waals surface area contributed by atoms with Crippen LogP contribution in [0, 0.1) is 0 Å². The molecule has 0 saturated carbocycles. The second-order valence-corrected chi connectivity index (χ2v) is 2.62. The molecular formula is C10H8NaO. The fourth-order valence-corrected chi connectivity index (χ4v) is 1.30. The van der Waals surface area contributed by atoms with Crippen molar-refractivity contribution in [2.75, 3.05) is 0 Å². The summed E-state index contributed by atoms with van der Waals surface area (Å²) in [6.07, 6.45) is 4.46. The molecule has 0 atom stereocenters.